The highest BCUT2D eigenvalue weighted by molar-refractivity contribution is 6.39. The third-order valence-corrected chi connectivity index (χ3v) is 15.1. The molecular weight excluding hydrogens is 1010 g/mol. The summed E-state index contributed by atoms with van der Waals surface area (Å²) in [6.07, 6.45) is -5.38. The molecule has 0 radical (unpaired) electrons. The van der Waals surface area contributed by atoms with Crippen LogP contribution in [0.4, 0.5) is 17.6 Å². The number of nitrogens with zero attached hydrogens (tertiary/aromatic N) is 2. The van der Waals surface area contributed by atoms with Crippen molar-refractivity contribution in [3.63, 3.8) is 0 Å². The Hall–Kier alpha value is -7.98. The van der Waals surface area contributed by atoms with Gasteiger partial charge in [-0.15, -0.1) is 0 Å². The molecule has 5 atom stereocenters. The molecule has 14 heteroatoms. The van der Waals surface area contributed by atoms with Crippen LogP contribution in [0.2, 0.25) is 0 Å². The lowest BCUT2D eigenvalue weighted by molar-refractivity contribution is -0.288. The molecule has 2 aliphatic heterocycles. The van der Waals surface area contributed by atoms with Crippen molar-refractivity contribution in [3.05, 3.63) is 238 Å². The van der Waals surface area contributed by atoms with Crippen molar-refractivity contribution in [1.29, 1.82) is 0 Å². The summed E-state index contributed by atoms with van der Waals surface area (Å²) in [5.74, 6) is -6.22. The number of hydrogen-bond donors (Lipinski definition) is 1. The molecule has 79 heavy (non-hydrogen) atoms. The van der Waals surface area contributed by atoms with Crippen molar-refractivity contribution < 1.29 is 50.8 Å². The third-order valence-electron chi connectivity index (χ3n) is 15.1. The second-order valence-corrected chi connectivity index (χ2v) is 21.3. The van der Waals surface area contributed by atoms with Gasteiger partial charge in [0.15, 0.2) is 29.5 Å². The van der Waals surface area contributed by atoms with Crippen molar-refractivity contribution >= 4 is 55.4 Å². The Labute approximate surface area is 453 Å². The number of carbonyl (C=O) groups is 2. The lowest BCUT2D eigenvalue weighted by Crippen LogP contribution is -2.59. The molecule has 2 amide bonds. The Morgan fingerprint density at radius 2 is 1.01 bits per heavy atom. The Balaban J connectivity index is 1.10. The zero-order chi connectivity index (χ0) is 54.5. The smallest absolute Gasteiger partial charge is 0.262 e. The van der Waals surface area contributed by atoms with E-state index in [2.05, 4.69) is 25.8 Å². The van der Waals surface area contributed by atoms with Crippen LogP contribution >= 0.6 is 0 Å². The summed E-state index contributed by atoms with van der Waals surface area (Å²) in [7, 11) is 0. The van der Waals surface area contributed by atoms with E-state index in [9.17, 15) is 0 Å². The topological polar surface area (TPSA) is 104 Å². The fraction of sp³-hybridized carbons (Fsp3) is 0.231. The van der Waals surface area contributed by atoms with Gasteiger partial charge >= 0.3 is 0 Å². The number of aromatic nitrogens is 2. The second kappa shape index (κ2) is 21.3. The number of carbonyl (C=O) groups excluding carboxylic acids is 2. The number of fused-ring (bicyclic) bond motifs is 10. The van der Waals surface area contributed by atoms with Gasteiger partial charge in [0, 0.05) is 39.2 Å². The number of hydrogen-bond acceptors (Lipinski definition) is 7. The van der Waals surface area contributed by atoms with Crippen LogP contribution < -0.4 is 0 Å². The number of ether oxygens (including phenoxy) is 5. The molecule has 1 N–H and O–H groups in total. The van der Waals surface area contributed by atoms with Crippen LogP contribution in [0.5, 0.6) is 0 Å². The van der Waals surface area contributed by atoms with Crippen molar-refractivity contribution in [3.8, 4) is 0 Å². The highest BCUT2D eigenvalue weighted by Crippen LogP contribution is 2.49. The molecule has 1 fully saturated rings. The molecule has 0 saturated carbocycles. The lowest BCUT2D eigenvalue weighted by Gasteiger charge is -2.47. The molecule has 1 saturated heterocycles. The first-order chi connectivity index (χ1) is 38.3. The molecule has 2 aromatic heterocycles. The summed E-state index contributed by atoms with van der Waals surface area (Å²) >= 11 is 0. The largest absolute Gasteiger partial charge is 0.374 e. The van der Waals surface area contributed by atoms with Gasteiger partial charge in [-0.1, -0.05) is 166 Å². The summed E-state index contributed by atoms with van der Waals surface area (Å²) in [4.78, 5) is 35.0. The van der Waals surface area contributed by atoms with Gasteiger partial charge in [0.1, 0.15) is 24.4 Å². The Kier molecular flexibility index (Phi) is 14.0. The quantitative estimate of drug-likeness (QED) is 0.0759. The zero-order valence-corrected chi connectivity index (χ0v) is 43.6. The molecule has 0 bridgehead atoms. The first-order valence-electron chi connectivity index (χ1n) is 26.3. The molecule has 0 spiro atoms. The van der Waals surface area contributed by atoms with Crippen LogP contribution in [-0.4, -0.2) is 57.3 Å². The first kappa shape index (κ1) is 51.8. The maximum atomic E-state index is 16.3. The van der Waals surface area contributed by atoms with E-state index in [1.807, 2.05) is 146 Å². The van der Waals surface area contributed by atoms with Crippen LogP contribution in [0, 0.1) is 23.3 Å². The summed E-state index contributed by atoms with van der Waals surface area (Å²) in [5.41, 5.74) is 5.15. The molecule has 10 aromatic rings. The number of halogens is 4. The molecule has 12 rings (SSSR count). The van der Waals surface area contributed by atoms with Crippen molar-refractivity contribution in [1.82, 2.24) is 14.5 Å². The second-order valence-electron chi connectivity index (χ2n) is 21.3. The van der Waals surface area contributed by atoms with Crippen LogP contribution in [0.15, 0.2) is 170 Å². The Morgan fingerprint density at radius 3 is 1.57 bits per heavy atom. The number of nitrogens with one attached hydrogen (secondary N) is 1. The SMILES string of the molecule is CC(C)(C)c1ccc(CN2C(=O)c3c(c4c5cc(F)c(F)cc5n([C@@H]5O[C@H](COCc6ccccc6)[C@@H](OCc6ccccc6)[C@H](OCc6ccccc6)[C@H]5OCc5ccccc5)c4c4[nH]c5cc(F)c(F)cc5c34)C2=O)cc1. The average Bonchev–Trinajstić information content (AvgIpc) is 3.03. The van der Waals surface area contributed by atoms with Gasteiger partial charge in [-0.25, -0.2) is 17.6 Å². The number of benzene rings is 8. The van der Waals surface area contributed by atoms with Gasteiger partial charge in [0.25, 0.3) is 11.8 Å². The van der Waals surface area contributed by atoms with Gasteiger partial charge < -0.3 is 33.2 Å². The van der Waals surface area contributed by atoms with Gasteiger partial charge in [-0.2, -0.15) is 0 Å². The van der Waals surface area contributed by atoms with E-state index in [4.69, 9.17) is 23.7 Å². The van der Waals surface area contributed by atoms with E-state index in [0.29, 0.717) is 5.56 Å². The maximum Gasteiger partial charge on any atom is 0.262 e. The maximum absolute atomic E-state index is 16.3. The van der Waals surface area contributed by atoms with Crippen molar-refractivity contribution in [2.75, 3.05) is 6.61 Å². The average molecular weight is 1070 g/mol. The van der Waals surface area contributed by atoms with Crippen LogP contribution in [0.25, 0.3) is 43.6 Å². The predicted molar refractivity (Wildman–Crippen MR) is 293 cm³/mol. The van der Waals surface area contributed by atoms with E-state index in [0.717, 1.165) is 57.0 Å². The van der Waals surface area contributed by atoms with E-state index < -0.39 is 65.7 Å². The fourth-order valence-corrected chi connectivity index (χ4v) is 11.1. The van der Waals surface area contributed by atoms with Crippen molar-refractivity contribution in [2.24, 2.45) is 0 Å². The number of imide groups is 1. The number of H-pyrrole nitrogens is 1. The minimum atomic E-state index is -1.35. The van der Waals surface area contributed by atoms with E-state index in [1.54, 1.807) is 4.57 Å². The van der Waals surface area contributed by atoms with E-state index >= 15 is 27.2 Å². The van der Waals surface area contributed by atoms with Crippen LogP contribution in [0.3, 0.4) is 0 Å². The highest BCUT2D eigenvalue weighted by Gasteiger charge is 2.51. The number of amides is 2. The lowest BCUT2D eigenvalue weighted by atomic mass is 9.87. The summed E-state index contributed by atoms with van der Waals surface area (Å²) in [5, 5.41) is 0.351. The molecule has 400 valence electrons. The van der Waals surface area contributed by atoms with Gasteiger partial charge in [0.05, 0.1) is 67.3 Å². The van der Waals surface area contributed by atoms with Crippen LogP contribution in [-0.2, 0) is 62.1 Å². The first-order valence-corrected chi connectivity index (χ1v) is 26.3. The Morgan fingerprint density at radius 1 is 0.532 bits per heavy atom. The molecule has 0 unspecified atom stereocenters. The Bertz CT molecular complexity index is 3890. The standard InChI is InChI=1S/C65H55F4N3O7/c1-65(2,3)43-26-24-38(25-27-43)32-71-62(73)55-53-44-28-46(66)48(68)30-50(44)70-57(53)58-54(56(55)63(71)74)45-29-47(67)49(69)31-51(45)72(58)64-61(78-36-42-22-14-7-15-23-42)60(77-35-41-20-12-6-13-21-41)59(76-34-40-18-10-5-11-19-40)52(79-64)37-75-33-39-16-8-4-9-17-39/h4-31,52,59-61,64,70H,32-37H2,1-3H3/t52-,59-,60+,61-,64-/m1/s1. The molecular formula is C65H55F4N3O7. The summed E-state index contributed by atoms with van der Waals surface area (Å²) < 4.78 is 100. The predicted octanol–water partition coefficient (Wildman–Crippen LogP) is 13.9. The molecule has 4 heterocycles. The molecule has 2 aliphatic rings. The van der Waals surface area contributed by atoms with Gasteiger partial charge in [-0.3, -0.25) is 14.5 Å². The monoisotopic (exact) mass is 1070 g/mol. The zero-order valence-electron chi connectivity index (χ0n) is 43.6. The van der Waals surface area contributed by atoms with E-state index in [1.165, 1.54) is 0 Å². The fourth-order valence-electron chi connectivity index (χ4n) is 11.1. The molecule has 8 aromatic carbocycles. The summed E-state index contributed by atoms with van der Waals surface area (Å²) in [6.45, 7) is 6.46. The number of rotatable bonds is 16. The summed E-state index contributed by atoms with van der Waals surface area (Å²) in [6, 6.07) is 49.9. The van der Waals surface area contributed by atoms with Gasteiger partial charge in [-0.05, 0) is 50.9 Å². The van der Waals surface area contributed by atoms with Crippen LogP contribution in [0.1, 0.15) is 81.1 Å². The minimum Gasteiger partial charge on any atom is -0.374 e. The third kappa shape index (κ3) is 9.89. The van der Waals surface area contributed by atoms with E-state index in [-0.39, 0.29) is 99.7 Å². The normalized spacial score (nSPS) is 18.7. The minimum absolute atomic E-state index is 0.0195. The molecule has 0 aliphatic carbocycles. The van der Waals surface area contributed by atoms with Gasteiger partial charge in [0.2, 0.25) is 0 Å². The van der Waals surface area contributed by atoms with Crippen molar-refractivity contribution in [2.45, 2.75) is 89.8 Å². The highest BCUT2D eigenvalue weighted by atomic mass is 19.2. The number of aromatic amines is 1. The molecule has 10 nitrogen and oxygen atoms in total.